The summed E-state index contributed by atoms with van der Waals surface area (Å²) in [4.78, 5) is 0. The molecule has 0 radical (unpaired) electrons. The first-order valence-corrected chi connectivity index (χ1v) is 6.27. The summed E-state index contributed by atoms with van der Waals surface area (Å²) in [5.41, 5.74) is 7.62. The van der Waals surface area contributed by atoms with Crippen LogP contribution in [0.15, 0.2) is 30.3 Å². The molecule has 0 saturated carbocycles. The van der Waals surface area contributed by atoms with E-state index in [0.717, 1.165) is 5.75 Å². The highest BCUT2D eigenvalue weighted by Crippen LogP contribution is 2.35. The van der Waals surface area contributed by atoms with Gasteiger partial charge in [0.1, 0.15) is 5.75 Å². The lowest BCUT2D eigenvalue weighted by Crippen LogP contribution is -1.96. The number of benzene rings is 2. The van der Waals surface area contributed by atoms with E-state index in [9.17, 15) is 0 Å². The van der Waals surface area contributed by atoms with Crippen LogP contribution in [0.5, 0.6) is 5.75 Å². The Morgan fingerprint density at radius 3 is 1.94 bits per heavy atom. The highest BCUT2D eigenvalue weighted by Gasteiger charge is 2.12. The van der Waals surface area contributed by atoms with Crippen molar-refractivity contribution in [2.24, 2.45) is 0 Å². The molecule has 0 atom stereocenters. The Hall–Kier alpha value is -1.76. The van der Waals surface area contributed by atoms with Crippen LogP contribution >= 0.6 is 0 Å². The van der Waals surface area contributed by atoms with Gasteiger partial charge in [-0.2, -0.15) is 0 Å². The first-order valence-electron chi connectivity index (χ1n) is 6.27. The van der Waals surface area contributed by atoms with Gasteiger partial charge in [0.05, 0.1) is 7.11 Å². The Morgan fingerprint density at radius 1 is 0.778 bits per heavy atom. The third kappa shape index (κ3) is 2.01. The summed E-state index contributed by atoms with van der Waals surface area (Å²) in [5.74, 6) is 0.996. The molecule has 0 aliphatic carbocycles. The van der Waals surface area contributed by atoms with Gasteiger partial charge in [0.15, 0.2) is 0 Å². The average Bonchev–Trinajstić information content (AvgIpc) is 2.32. The van der Waals surface area contributed by atoms with E-state index in [0.29, 0.717) is 0 Å². The van der Waals surface area contributed by atoms with E-state index in [-0.39, 0.29) is 0 Å². The van der Waals surface area contributed by atoms with Crippen LogP contribution in [0, 0.1) is 27.7 Å². The molecule has 0 N–H and O–H groups in total. The van der Waals surface area contributed by atoms with Crippen LogP contribution in [0.25, 0.3) is 11.1 Å². The first kappa shape index (κ1) is 12.7. The van der Waals surface area contributed by atoms with Crippen molar-refractivity contribution in [1.29, 1.82) is 0 Å². The van der Waals surface area contributed by atoms with Gasteiger partial charge in [-0.05, 0) is 61.1 Å². The van der Waals surface area contributed by atoms with Crippen LogP contribution in [-0.4, -0.2) is 7.11 Å². The molecule has 0 fully saturated rings. The fourth-order valence-corrected chi connectivity index (χ4v) is 2.65. The fraction of sp³-hybridized carbons (Fsp3) is 0.294. The summed E-state index contributed by atoms with van der Waals surface area (Å²) in [6.45, 7) is 8.54. The van der Waals surface area contributed by atoms with E-state index < -0.39 is 0 Å². The molecule has 0 spiro atoms. The lowest BCUT2D eigenvalue weighted by molar-refractivity contribution is 0.409. The molecule has 2 aromatic rings. The molecule has 18 heavy (non-hydrogen) atoms. The van der Waals surface area contributed by atoms with Gasteiger partial charge in [-0.1, -0.05) is 30.3 Å². The summed E-state index contributed by atoms with van der Waals surface area (Å²) < 4.78 is 5.52. The molecule has 0 aliphatic rings. The lowest BCUT2D eigenvalue weighted by atomic mass is 9.91. The predicted molar refractivity (Wildman–Crippen MR) is 77.4 cm³/mol. The zero-order chi connectivity index (χ0) is 13.3. The van der Waals surface area contributed by atoms with Crippen molar-refractivity contribution >= 4 is 0 Å². The fourth-order valence-electron chi connectivity index (χ4n) is 2.65. The minimum atomic E-state index is 0.996. The number of hydrogen-bond donors (Lipinski definition) is 0. The van der Waals surface area contributed by atoms with Crippen LogP contribution in [0.2, 0.25) is 0 Å². The van der Waals surface area contributed by atoms with Gasteiger partial charge in [0.2, 0.25) is 0 Å². The van der Waals surface area contributed by atoms with Crippen molar-refractivity contribution in [3.8, 4) is 16.9 Å². The van der Waals surface area contributed by atoms with Crippen molar-refractivity contribution in [1.82, 2.24) is 0 Å². The topological polar surface area (TPSA) is 9.23 Å². The number of rotatable bonds is 2. The summed E-state index contributed by atoms with van der Waals surface area (Å²) in [6, 6.07) is 10.8. The van der Waals surface area contributed by atoms with Crippen molar-refractivity contribution in [3.63, 3.8) is 0 Å². The Balaban J connectivity index is 2.73. The molecule has 0 amide bonds. The molecule has 0 bridgehead atoms. The Morgan fingerprint density at radius 2 is 1.39 bits per heavy atom. The highest BCUT2D eigenvalue weighted by atomic mass is 16.5. The maximum absolute atomic E-state index is 5.52. The second kappa shape index (κ2) is 4.85. The number of aryl methyl sites for hydroxylation is 3. The number of methoxy groups -OCH3 is 1. The largest absolute Gasteiger partial charge is 0.496 e. The summed E-state index contributed by atoms with van der Waals surface area (Å²) in [6.07, 6.45) is 0. The zero-order valence-corrected chi connectivity index (χ0v) is 11.8. The molecule has 1 heteroatoms. The summed E-state index contributed by atoms with van der Waals surface area (Å²) in [5, 5.41) is 0. The smallest absolute Gasteiger partial charge is 0.125 e. The zero-order valence-electron chi connectivity index (χ0n) is 11.8. The molecule has 2 aromatic carbocycles. The highest BCUT2D eigenvalue weighted by molar-refractivity contribution is 5.76. The van der Waals surface area contributed by atoms with Crippen LogP contribution in [0.3, 0.4) is 0 Å². The lowest BCUT2D eigenvalue weighted by Gasteiger charge is -2.16. The van der Waals surface area contributed by atoms with Crippen molar-refractivity contribution < 1.29 is 4.74 Å². The molecule has 0 aliphatic heterocycles. The number of ether oxygens (including phenoxy) is 1. The molecule has 0 heterocycles. The Labute approximate surface area is 109 Å². The quantitative estimate of drug-likeness (QED) is 0.745. The molecular weight excluding hydrogens is 220 g/mol. The maximum Gasteiger partial charge on any atom is 0.125 e. The van der Waals surface area contributed by atoms with Crippen molar-refractivity contribution in [2.45, 2.75) is 27.7 Å². The summed E-state index contributed by atoms with van der Waals surface area (Å²) >= 11 is 0. The van der Waals surface area contributed by atoms with E-state index in [4.69, 9.17) is 4.74 Å². The predicted octanol–water partition coefficient (Wildman–Crippen LogP) is 4.60. The second-order valence-corrected chi connectivity index (χ2v) is 4.86. The Bertz CT molecular complexity index is 562. The molecule has 0 unspecified atom stereocenters. The van der Waals surface area contributed by atoms with Gasteiger partial charge in [-0.3, -0.25) is 0 Å². The molecule has 1 nitrogen and oxygen atoms in total. The van der Waals surface area contributed by atoms with Gasteiger partial charge >= 0.3 is 0 Å². The minimum Gasteiger partial charge on any atom is -0.496 e. The molecule has 0 aromatic heterocycles. The van der Waals surface area contributed by atoms with Gasteiger partial charge in [0, 0.05) is 0 Å². The third-order valence-electron chi connectivity index (χ3n) is 3.56. The molecule has 2 rings (SSSR count). The van der Waals surface area contributed by atoms with Crippen molar-refractivity contribution in [3.05, 3.63) is 52.6 Å². The molecule has 94 valence electrons. The summed E-state index contributed by atoms with van der Waals surface area (Å²) in [7, 11) is 1.74. The van der Waals surface area contributed by atoms with E-state index in [1.807, 2.05) is 0 Å². The standard InChI is InChI=1S/C17H20O/c1-11-7-6-8-12(2)16(11)15-10-9-13(3)17(18-5)14(15)4/h6-10H,1-5H3. The number of hydrogen-bond acceptors (Lipinski definition) is 1. The second-order valence-electron chi connectivity index (χ2n) is 4.86. The maximum atomic E-state index is 5.52. The van der Waals surface area contributed by atoms with E-state index in [1.165, 1.54) is 33.4 Å². The van der Waals surface area contributed by atoms with Gasteiger partial charge in [0.25, 0.3) is 0 Å². The van der Waals surface area contributed by atoms with Crippen LogP contribution in [0.1, 0.15) is 22.3 Å². The third-order valence-corrected chi connectivity index (χ3v) is 3.56. The van der Waals surface area contributed by atoms with Gasteiger partial charge in [-0.15, -0.1) is 0 Å². The average molecular weight is 240 g/mol. The normalized spacial score (nSPS) is 10.5. The molecular formula is C17H20O. The van der Waals surface area contributed by atoms with Crippen LogP contribution in [0.4, 0.5) is 0 Å². The molecule has 0 saturated heterocycles. The van der Waals surface area contributed by atoms with Gasteiger partial charge in [-0.25, -0.2) is 0 Å². The van der Waals surface area contributed by atoms with E-state index >= 15 is 0 Å². The van der Waals surface area contributed by atoms with Crippen LogP contribution in [-0.2, 0) is 0 Å². The Kier molecular flexibility index (Phi) is 3.42. The van der Waals surface area contributed by atoms with E-state index in [1.54, 1.807) is 7.11 Å². The van der Waals surface area contributed by atoms with E-state index in [2.05, 4.69) is 58.0 Å². The van der Waals surface area contributed by atoms with Crippen LogP contribution < -0.4 is 4.74 Å². The SMILES string of the molecule is COc1c(C)ccc(-c2c(C)cccc2C)c1C. The first-order chi connectivity index (χ1) is 8.56. The van der Waals surface area contributed by atoms with Crippen molar-refractivity contribution in [2.75, 3.05) is 7.11 Å². The minimum absolute atomic E-state index is 0.996. The van der Waals surface area contributed by atoms with Gasteiger partial charge < -0.3 is 4.74 Å². The monoisotopic (exact) mass is 240 g/mol.